The summed E-state index contributed by atoms with van der Waals surface area (Å²) in [5, 5.41) is 11.5. The average molecular weight is 332 g/mol. The van der Waals surface area contributed by atoms with Crippen molar-refractivity contribution in [1.82, 2.24) is 30.1 Å². The van der Waals surface area contributed by atoms with E-state index in [4.69, 9.17) is 0 Å². The number of fused-ring (bicyclic) bond motifs is 3. The van der Waals surface area contributed by atoms with E-state index < -0.39 is 0 Å². The SMILES string of the molecule is C=CCN(C)C(=O)[C@H]1CN2CCC1C[C@@H]2Cn1cc(CNC)nn1. The Morgan fingerprint density at radius 1 is 1.58 bits per heavy atom. The van der Waals surface area contributed by atoms with Crippen LogP contribution in [-0.4, -0.2) is 70.5 Å². The molecule has 0 aromatic carbocycles. The van der Waals surface area contributed by atoms with Gasteiger partial charge in [0.2, 0.25) is 5.91 Å². The van der Waals surface area contributed by atoms with Gasteiger partial charge in [-0.15, -0.1) is 11.7 Å². The maximum Gasteiger partial charge on any atom is 0.227 e. The Hall–Kier alpha value is -1.73. The van der Waals surface area contributed by atoms with E-state index in [-0.39, 0.29) is 11.8 Å². The van der Waals surface area contributed by atoms with Crippen molar-refractivity contribution in [3.05, 3.63) is 24.5 Å². The van der Waals surface area contributed by atoms with Gasteiger partial charge in [-0.2, -0.15) is 0 Å². The fourth-order valence-electron chi connectivity index (χ4n) is 4.08. The number of carbonyl (C=O) groups is 1. The zero-order valence-electron chi connectivity index (χ0n) is 14.7. The van der Waals surface area contributed by atoms with E-state index in [1.54, 1.807) is 11.0 Å². The molecule has 0 spiro atoms. The lowest BCUT2D eigenvalue weighted by Crippen LogP contribution is -2.58. The number of piperidine rings is 3. The van der Waals surface area contributed by atoms with E-state index in [1.807, 2.05) is 25.0 Å². The molecule has 3 aliphatic rings. The maximum atomic E-state index is 12.6. The van der Waals surface area contributed by atoms with Crippen LogP contribution in [0.3, 0.4) is 0 Å². The highest BCUT2D eigenvalue weighted by Crippen LogP contribution is 2.37. The molecule has 1 amide bonds. The average Bonchev–Trinajstić information content (AvgIpc) is 3.02. The topological polar surface area (TPSA) is 66.3 Å². The van der Waals surface area contributed by atoms with Crippen molar-refractivity contribution in [1.29, 1.82) is 0 Å². The fraction of sp³-hybridized carbons (Fsp3) is 0.706. The minimum absolute atomic E-state index is 0.135. The lowest BCUT2D eigenvalue weighted by atomic mass is 9.75. The van der Waals surface area contributed by atoms with Crippen LogP contribution in [-0.2, 0) is 17.9 Å². The molecule has 1 N–H and O–H groups in total. The molecule has 0 saturated carbocycles. The predicted octanol–water partition coefficient (Wildman–Crippen LogP) is 0.352. The summed E-state index contributed by atoms with van der Waals surface area (Å²) < 4.78 is 1.94. The summed E-state index contributed by atoms with van der Waals surface area (Å²) in [7, 11) is 3.78. The molecule has 132 valence electrons. The first-order valence-corrected chi connectivity index (χ1v) is 8.76. The van der Waals surface area contributed by atoms with Crippen LogP contribution in [0.2, 0.25) is 0 Å². The van der Waals surface area contributed by atoms with Crippen molar-refractivity contribution in [2.45, 2.75) is 32.0 Å². The maximum absolute atomic E-state index is 12.6. The van der Waals surface area contributed by atoms with E-state index in [0.717, 1.165) is 44.7 Å². The van der Waals surface area contributed by atoms with Gasteiger partial charge >= 0.3 is 0 Å². The van der Waals surface area contributed by atoms with Gasteiger partial charge in [-0.1, -0.05) is 11.3 Å². The van der Waals surface area contributed by atoms with Gasteiger partial charge < -0.3 is 10.2 Å². The third kappa shape index (κ3) is 3.52. The van der Waals surface area contributed by atoms with Crippen molar-refractivity contribution in [3.8, 4) is 0 Å². The Bertz CT molecular complexity index is 585. The Morgan fingerprint density at radius 3 is 3.08 bits per heavy atom. The number of hydrogen-bond donors (Lipinski definition) is 1. The molecule has 4 atom stereocenters. The highest BCUT2D eigenvalue weighted by Gasteiger charge is 2.43. The molecule has 24 heavy (non-hydrogen) atoms. The summed E-state index contributed by atoms with van der Waals surface area (Å²) in [4.78, 5) is 16.9. The van der Waals surface area contributed by atoms with Crippen LogP contribution in [0, 0.1) is 11.8 Å². The third-order valence-electron chi connectivity index (χ3n) is 5.32. The van der Waals surface area contributed by atoms with Crippen molar-refractivity contribution in [2.75, 3.05) is 33.7 Å². The second-order valence-corrected chi connectivity index (χ2v) is 7.01. The van der Waals surface area contributed by atoms with E-state index in [2.05, 4.69) is 27.1 Å². The Kier molecular flexibility index (Phi) is 5.30. The Morgan fingerprint density at radius 2 is 2.42 bits per heavy atom. The van der Waals surface area contributed by atoms with E-state index in [9.17, 15) is 4.79 Å². The highest BCUT2D eigenvalue weighted by molar-refractivity contribution is 5.79. The van der Waals surface area contributed by atoms with E-state index in [0.29, 0.717) is 18.5 Å². The molecule has 0 radical (unpaired) electrons. The number of nitrogens with zero attached hydrogens (tertiary/aromatic N) is 5. The molecule has 7 nitrogen and oxygen atoms in total. The zero-order valence-corrected chi connectivity index (χ0v) is 14.7. The molecule has 1 aromatic rings. The second-order valence-electron chi connectivity index (χ2n) is 7.01. The van der Waals surface area contributed by atoms with Crippen molar-refractivity contribution < 1.29 is 4.79 Å². The van der Waals surface area contributed by atoms with Gasteiger partial charge in [-0.3, -0.25) is 14.4 Å². The lowest BCUT2D eigenvalue weighted by Gasteiger charge is -2.49. The molecule has 0 aliphatic carbocycles. The number of amides is 1. The number of likely N-dealkylation sites (N-methyl/N-ethyl adjacent to an activating group) is 1. The number of hydrogen-bond acceptors (Lipinski definition) is 5. The molecular formula is C17H28N6O. The minimum Gasteiger partial charge on any atom is -0.342 e. The summed E-state index contributed by atoms with van der Waals surface area (Å²) in [5.41, 5.74) is 0.965. The molecule has 3 aliphatic heterocycles. The van der Waals surface area contributed by atoms with Gasteiger partial charge in [0.1, 0.15) is 0 Å². The molecule has 3 fully saturated rings. The molecule has 7 heteroatoms. The quantitative estimate of drug-likeness (QED) is 0.730. The Labute approximate surface area is 143 Å². The van der Waals surface area contributed by atoms with Crippen LogP contribution >= 0.6 is 0 Å². The van der Waals surface area contributed by atoms with Crippen LogP contribution in [0.5, 0.6) is 0 Å². The van der Waals surface area contributed by atoms with E-state index in [1.165, 1.54) is 0 Å². The smallest absolute Gasteiger partial charge is 0.227 e. The van der Waals surface area contributed by atoms with E-state index >= 15 is 0 Å². The summed E-state index contributed by atoms with van der Waals surface area (Å²) in [6.45, 7) is 7.90. The monoisotopic (exact) mass is 332 g/mol. The first kappa shape index (κ1) is 17.1. The zero-order chi connectivity index (χ0) is 17.1. The normalized spacial score (nSPS) is 28.8. The van der Waals surface area contributed by atoms with Crippen LogP contribution in [0.15, 0.2) is 18.9 Å². The second kappa shape index (κ2) is 7.44. The predicted molar refractivity (Wildman–Crippen MR) is 92.2 cm³/mol. The van der Waals surface area contributed by atoms with Gasteiger partial charge in [0.15, 0.2) is 0 Å². The van der Waals surface area contributed by atoms with Crippen molar-refractivity contribution in [3.63, 3.8) is 0 Å². The Balaban J connectivity index is 1.60. The van der Waals surface area contributed by atoms with Gasteiger partial charge in [0, 0.05) is 38.9 Å². The number of rotatable bonds is 7. The first-order chi connectivity index (χ1) is 11.6. The highest BCUT2D eigenvalue weighted by atomic mass is 16.2. The van der Waals surface area contributed by atoms with Gasteiger partial charge in [0.25, 0.3) is 0 Å². The molecular weight excluding hydrogens is 304 g/mol. The lowest BCUT2D eigenvalue weighted by molar-refractivity contribution is -0.142. The molecule has 2 unspecified atom stereocenters. The third-order valence-corrected chi connectivity index (χ3v) is 5.32. The molecule has 2 bridgehead atoms. The number of aromatic nitrogens is 3. The van der Waals surface area contributed by atoms with Crippen molar-refractivity contribution in [2.24, 2.45) is 11.8 Å². The van der Waals surface area contributed by atoms with Crippen molar-refractivity contribution >= 4 is 5.91 Å². The minimum atomic E-state index is 0.135. The van der Waals surface area contributed by atoms with Gasteiger partial charge in [-0.05, 0) is 32.4 Å². The first-order valence-electron chi connectivity index (χ1n) is 8.76. The number of nitrogens with one attached hydrogen (secondary N) is 1. The summed E-state index contributed by atoms with van der Waals surface area (Å²) in [6.07, 6.45) is 5.99. The van der Waals surface area contributed by atoms with Gasteiger partial charge in [-0.25, -0.2) is 0 Å². The fourth-order valence-corrected chi connectivity index (χ4v) is 4.08. The molecule has 3 saturated heterocycles. The molecule has 1 aromatic heterocycles. The number of carbonyl (C=O) groups excluding carboxylic acids is 1. The van der Waals surface area contributed by atoms with Crippen LogP contribution in [0.1, 0.15) is 18.5 Å². The summed E-state index contributed by atoms with van der Waals surface area (Å²) in [5.74, 6) is 0.885. The van der Waals surface area contributed by atoms with Crippen LogP contribution in [0.4, 0.5) is 0 Å². The molecule has 4 rings (SSSR count). The standard InChI is InChI=1S/C17H28N6O/c1-4-6-21(3)17(24)16-12-22-7-5-13(16)8-15(22)11-23-10-14(9-18-2)19-20-23/h4,10,13,15-16,18H,1,5-9,11-12H2,2-3H3/t13?,15-,16+/m1/s1. The summed E-state index contributed by atoms with van der Waals surface area (Å²) >= 11 is 0. The van der Waals surface area contributed by atoms with Crippen LogP contribution in [0.25, 0.3) is 0 Å². The largest absolute Gasteiger partial charge is 0.342 e. The summed E-state index contributed by atoms with van der Waals surface area (Å²) in [6, 6.07) is 0.460. The van der Waals surface area contributed by atoms with Crippen LogP contribution < -0.4 is 5.32 Å². The van der Waals surface area contributed by atoms with Gasteiger partial charge in [0.05, 0.1) is 18.2 Å². The molecule has 4 heterocycles.